The molecule has 2 heteroatoms. The van der Waals surface area contributed by atoms with E-state index in [9.17, 15) is 4.79 Å². The van der Waals surface area contributed by atoms with Gasteiger partial charge >= 0.3 is 0 Å². The zero-order valence-corrected chi connectivity index (χ0v) is 11.9. The second-order valence-corrected chi connectivity index (χ2v) is 5.19. The van der Waals surface area contributed by atoms with E-state index >= 15 is 0 Å². The third-order valence-corrected chi connectivity index (χ3v) is 3.58. The van der Waals surface area contributed by atoms with E-state index in [4.69, 9.17) is 0 Å². The summed E-state index contributed by atoms with van der Waals surface area (Å²) in [6, 6.07) is 3.85. The fourth-order valence-corrected chi connectivity index (χ4v) is 2.22. The third-order valence-electron chi connectivity index (χ3n) is 2.43. The Hall–Kier alpha value is -1.41. The summed E-state index contributed by atoms with van der Waals surface area (Å²) in [5.74, 6) is 0.133. The Balaban J connectivity index is 2.37. The minimum Gasteiger partial charge on any atom is -0.294 e. The molecule has 18 heavy (non-hydrogen) atoms. The number of unbranched alkanes of at least 4 members (excludes halogenated alkanes) is 2. The SMILES string of the molecule is CCCC/C=C/C=C/C=C/c1ccc(C(C)=O)s1. The van der Waals surface area contributed by atoms with Gasteiger partial charge in [0, 0.05) is 4.88 Å². The van der Waals surface area contributed by atoms with Crippen LogP contribution in [0.25, 0.3) is 6.08 Å². The van der Waals surface area contributed by atoms with Gasteiger partial charge in [-0.1, -0.05) is 50.1 Å². The Kier molecular flexibility index (Phi) is 7.04. The van der Waals surface area contributed by atoms with Crippen molar-refractivity contribution in [3.8, 4) is 0 Å². The molecular weight excluding hydrogens is 240 g/mol. The molecule has 0 N–H and O–H groups in total. The van der Waals surface area contributed by atoms with Crippen LogP contribution in [0.2, 0.25) is 0 Å². The fourth-order valence-electron chi connectivity index (χ4n) is 1.41. The first kappa shape index (κ1) is 14.7. The van der Waals surface area contributed by atoms with Crippen LogP contribution in [0.5, 0.6) is 0 Å². The van der Waals surface area contributed by atoms with Crippen molar-refractivity contribution in [2.75, 3.05) is 0 Å². The number of hydrogen-bond acceptors (Lipinski definition) is 2. The highest BCUT2D eigenvalue weighted by atomic mass is 32.1. The Bertz CT molecular complexity index is 449. The summed E-state index contributed by atoms with van der Waals surface area (Å²) < 4.78 is 0. The van der Waals surface area contributed by atoms with Gasteiger partial charge in [0.1, 0.15) is 0 Å². The van der Waals surface area contributed by atoms with E-state index in [0.29, 0.717) is 0 Å². The van der Waals surface area contributed by atoms with E-state index in [1.807, 2.05) is 36.4 Å². The molecule has 0 fully saturated rings. The lowest BCUT2D eigenvalue weighted by Crippen LogP contribution is -1.83. The first-order valence-electron chi connectivity index (χ1n) is 6.34. The number of thiophene rings is 1. The standard InChI is InChI=1S/C16H20OS/c1-3-4-5-6-7-8-9-10-11-15-12-13-16(18-15)14(2)17/h6-13H,3-5H2,1-2H3/b7-6+,9-8+,11-10+. The van der Waals surface area contributed by atoms with Crippen LogP contribution in [0.1, 0.15) is 47.7 Å². The number of carbonyl (C=O) groups excluding carboxylic acids is 1. The summed E-state index contributed by atoms with van der Waals surface area (Å²) in [7, 11) is 0. The molecule has 0 aliphatic carbocycles. The molecule has 1 nitrogen and oxygen atoms in total. The average Bonchev–Trinajstić information content (AvgIpc) is 2.81. The maximum absolute atomic E-state index is 11.1. The highest BCUT2D eigenvalue weighted by molar-refractivity contribution is 7.14. The second kappa shape index (κ2) is 8.65. The molecule has 0 spiro atoms. The minimum atomic E-state index is 0.133. The van der Waals surface area contributed by atoms with Crippen molar-refractivity contribution in [3.63, 3.8) is 0 Å². The molecular formula is C16H20OS. The van der Waals surface area contributed by atoms with Gasteiger partial charge in [-0.15, -0.1) is 11.3 Å². The molecule has 0 aliphatic rings. The number of ketones is 1. The molecule has 0 radical (unpaired) electrons. The van der Waals surface area contributed by atoms with Gasteiger partial charge in [0.2, 0.25) is 0 Å². The average molecular weight is 260 g/mol. The molecule has 1 aromatic rings. The highest BCUT2D eigenvalue weighted by Gasteiger charge is 2.00. The highest BCUT2D eigenvalue weighted by Crippen LogP contribution is 2.18. The lowest BCUT2D eigenvalue weighted by Gasteiger charge is -1.85. The van der Waals surface area contributed by atoms with Crippen LogP contribution in [0.3, 0.4) is 0 Å². The molecule has 1 aromatic heterocycles. The van der Waals surface area contributed by atoms with Crippen molar-refractivity contribution in [2.45, 2.75) is 33.1 Å². The van der Waals surface area contributed by atoms with E-state index in [1.165, 1.54) is 24.2 Å². The van der Waals surface area contributed by atoms with Gasteiger partial charge in [-0.25, -0.2) is 0 Å². The van der Waals surface area contributed by atoms with E-state index in [2.05, 4.69) is 19.1 Å². The number of rotatable bonds is 7. The van der Waals surface area contributed by atoms with Crippen molar-refractivity contribution in [2.24, 2.45) is 0 Å². The van der Waals surface area contributed by atoms with Gasteiger partial charge in [-0.2, -0.15) is 0 Å². The topological polar surface area (TPSA) is 17.1 Å². The summed E-state index contributed by atoms with van der Waals surface area (Å²) in [6.45, 7) is 3.79. The van der Waals surface area contributed by atoms with E-state index in [-0.39, 0.29) is 5.78 Å². The van der Waals surface area contributed by atoms with Gasteiger partial charge < -0.3 is 0 Å². The number of carbonyl (C=O) groups is 1. The van der Waals surface area contributed by atoms with E-state index in [1.54, 1.807) is 6.92 Å². The summed E-state index contributed by atoms with van der Waals surface area (Å²) >= 11 is 1.53. The summed E-state index contributed by atoms with van der Waals surface area (Å²) in [5, 5.41) is 0. The van der Waals surface area contributed by atoms with Gasteiger partial charge in [0.05, 0.1) is 4.88 Å². The van der Waals surface area contributed by atoms with Crippen LogP contribution >= 0.6 is 11.3 Å². The Morgan fingerprint density at radius 3 is 2.67 bits per heavy atom. The lowest BCUT2D eigenvalue weighted by atomic mass is 10.2. The molecule has 0 atom stereocenters. The zero-order chi connectivity index (χ0) is 13.2. The van der Waals surface area contributed by atoms with Gasteiger partial charge in [0.25, 0.3) is 0 Å². The first-order valence-corrected chi connectivity index (χ1v) is 7.16. The molecule has 0 bridgehead atoms. The van der Waals surface area contributed by atoms with Gasteiger partial charge in [-0.05, 0) is 31.6 Å². The summed E-state index contributed by atoms with van der Waals surface area (Å²) in [4.78, 5) is 13.1. The molecule has 1 rings (SSSR count). The quantitative estimate of drug-likeness (QED) is 0.371. The van der Waals surface area contributed by atoms with Crippen molar-refractivity contribution in [3.05, 3.63) is 52.3 Å². The third kappa shape index (κ3) is 5.78. The van der Waals surface area contributed by atoms with Crippen molar-refractivity contribution in [1.29, 1.82) is 0 Å². The summed E-state index contributed by atoms with van der Waals surface area (Å²) in [5.41, 5.74) is 0. The molecule has 0 saturated heterocycles. The maximum Gasteiger partial charge on any atom is 0.169 e. The van der Waals surface area contributed by atoms with E-state index in [0.717, 1.165) is 16.2 Å². The van der Waals surface area contributed by atoms with Gasteiger partial charge in [0.15, 0.2) is 5.78 Å². The molecule has 0 saturated carbocycles. The molecule has 0 unspecified atom stereocenters. The maximum atomic E-state index is 11.1. The normalized spacial score (nSPS) is 12.1. The second-order valence-electron chi connectivity index (χ2n) is 4.07. The zero-order valence-electron chi connectivity index (χ0n) is 11.1. The predicted molar refractivity (Wildman–Crippen MR) is 81.2 cm³/mol. The predicted octanol–water partition coefficient (Wildman–Crippen LogP) is 5.27. The van der Waals surface area contributed by atoms with Crippen molar-refractivity contribution >= 4 is 23.2 Å². The minimum absolute atomic E-state index is 0.133. The Morgan fingerprint density at radius 1 is 1.22 bits per heavy atom. The molecule has 0 aromatic carbocycles. The monoisotopic (exact) mass is 260 g/mol. The molecule has 1 heterocycles. The smallest absolute Gasteiger partial charge is 0.169 e. The van der Waals surface area contributed by atoms with E-state index < -0.39 is 0 Å². The number of allylic oxidation sites excluding steroid dienone is 5. The Labute approximate surface area is 114 Å². The first-order chi connectivity index (χ1) is 8.74. The van der Waals surface area contributed by atoms with Gasteiger partial charge in [-0.3, -0.25) is 4.79 Å². The lowest BCUT2D eigenvalue weighted by molar-refractivity contribution is 0.102. The van der Waals surface area contributed by atoms with Crippen molar-refractivity contribution < 1.29 is 4.79 Å². The van der Waals surface area contributed by atoms with Crippen LogP contribution in [0.4, 0.5) is 0 Å². The van der Waals surface area contributed by atoms with Crippen LogP contribution in [0, 0.1) is 0 Å². The van der Waals surface area contributed by atoms with Crippen LogP contribution in [-0.2, 0) is 0 Å². The number of hydrogen-bond donors (Lipinski definition) is 0. The molecule has 96 valence electrons. The van der Waals surface area contributed by atoms with Crippen LogP contribution < -0.4 is 0 Å². The largest absolute Gasteiger partial charge is 0.294 e. The molecule has 0 aliphatic heterocycles. The molecule has 0 amide bonds. The fraction of sp³-hybridized carbons (Fsp3) is 0.312. The van der Waals surface area contributed by atoms with Crippen LogP contribution in [-0.4, -0.2) is 5.78 Å². The van der Waals surface area contributed by atoms with Crippen LogP contribution in [0.15, 0.2) is 42.5 Å². The Morgan fingerprint density at radius 2 is 2.00 bits per heavy atom. The summed E-state index contributed by atoms with van der Waals surface area (Å²) in [6.07, 6.45) is 16.0. The number of Topliss-reactive ketones (excluding diaryl/α,β-unsaturated/α-hetero) is 1. The van der Waals surface area contributed by atoms with Crippen molar-refractivity contribution in [1.82, 2.24) is 0 Å².